The normalized spacial score (nSPS) is 11.6. The van der Waals surface area contributed by atoms with E-state index in [4.69, 9.17) is 11.6 Å². The van der Waals surface area contributed by atoms with Gasteiger partial charge in [0.1, 0.15) is 0 Å². The fourth-order valence-corrected chi connectivity index (χ4v) is 3.47. The van der Waals surface area contributed by atoms with Gasteiger partial charge in [-0.25, -0.2) is 0 Å². The molecule has 2 rings (SSSR count). The monoisotopic (exact) mass is 378 g/mol. The molecule has 0 bridgehead atoms. The molecule has 0 radical (unpaired) electrons. The minimum absolute atomic E-state index is 0.0266. The van der Waals surface area contributed by atoms with Crippen molar-refractivity contribution in [3.8, 4) is 0 Å². The highest BCUT2D eigenvalue weighted by atomic mass is 79.9. The van der Waals surface area contributed by atoms with Gasteiger partial charge in [-0.3, -0.25) is 9.82 Å². The number of benzene rings is 1. The summed E-state index contributed by atoms with van der Waals surface area (Å²) in [5.74, 6) is 0. The summed E-state index contributed by atoms with van der Waals surface area (Å²) in [4.78, 5) is 0. The first kappa shape index (κ1) is 15.3. The number of sulfonamides is 1. The van der Waals surface area contributed by atoms with E-state index in [1.807, 2.05) is 0 Å². The zero-order chi connectivity index (χ0) is 14.8. The molecule has 1 aromatic carbocycles. The number of anilines is 1. The summed E-state index contributed by atoms with van der Waals surface area (Å²) in [6.45, 7) is 0.392. The molecule has 0 amide bonds. The van der Waals surface area contributed by atoms with Crippen molar-refractivity contribution in [1.82, 2.24) is 15.5 Å². The summed E-state index contributed by atoms with van der Waals surface area (Å²) >= 11 is 9.14. The van der Waals surface area contributed by atoms with Gasteiger partial charge in [-0.1, -0.05) is 11.6 Å². The highest BCUT2D eigenvalue weighted by Crippen LogP contribution is 2.28. The molecule has 9 heteroatoms. The van der Waals surface area contributed by atoms with Crippen molar-refractivity contribution in [2.24, 2.45) is 0 Å². The van der Waals surface area contributed by atoms with Crippen molar-refractivity contribution < 1.29 is 8.42 Å². The Morgan fingerprint density at radius 1 is 1.45 bits per heavy atom. The lowest BCUT2D eigenvalue weighted by atomic mass is 10.3. The molecule has 0 aliphatic carbocycles. The number of hydrogen-bond acceptors (Lipinski definition) is 4. The van der Waals surface area contributed by atoms with Crippen LogP contribution >= 0.6 is 27.5 Å². The first-order chi connectivity index (χ1) is 9.44. The molecule has 0 spiro atoms. The maximum absolute atomic E-state index is 12.3. The third-order valence-corrected chi connectivity index (χ3v) is 4.79. The molecule has 1 heterocycles. The van der Waals surface area contributed by atoms with Crippen molar-refractivity contribution in [2.45, 2.75) is 11.6 Å². The molecule has 3 N–H and O–H groups in total. The lowest BCUT2D eigenvalue weighted by Crippen LogP contribution is -2.17. The van der Waals surface area contributed by atoms with E-state index in [-0.39, 0.29) is 5.03 Å². The van der Waals surface area contributed by atoms with Crippen LogP contribution in [0.3, 0.4) is 0 Å². The SMILES string of the molecule is CNCc1cn[nH]c1S(=O)(=O)Nc1cc(Cl)ccc1Br. The Bertz CT molecular complexity index is 717. The Balaban J connectivity index is 2.36. The number of nitrogens with zero attached hydrogens (tertiary/aromatic N) is 1. The largest absolute Gasteiger partial charge is 0.316 e. The van der Waals surface area contributed by atoms with Crippen LogP contribution in [-0.4, -0.2) is 25.7 Å². The van der Waals surface area contributed by atoms with Gasteiger partial charge in [-0.2, -0.15) is 13.5 Å². The van der Waals surface area contributed by atoms with E-state index in [9.17, 15) is 8.42 Å². The molecule has 0 aliphatic rings. The molecular formula is C11H12BrClN4O2S. The molecule has 20 heavy (non-hydrogen) atoms. The summed E-state index contributed by atoms with van der Waals surface area (Å²) in [5.41, 5.74) is 0.917. The van der Waals surface area contributed by atoms with Gasteiger partial charge in [0.2, 0.25) is 0 Å². The van der Waals surface area contributed by atoms with E-state index in [0.29, 0.717) is 27.3 Å². The van der Waals surface area contributed by atoms with Gasteiger partial charge in [0, 0.05) is 21.6 Å². The number of halogens is 2. The molecular weight excluding hydrogens is 368 g/mol. The minimum Gasteiger partial charge on any atom is -0.316 e. The number of rotatable bonds is 5. The maximum Gasteiger partial charge on any atom is 0.279 e. The molecule has 0 atom stereocenters. The molecule has 0 aliphatic heterocycles. The predicted molar refractivity (Wildman–Crippen MR) is 81.3 cm³/mol. The van der Waals surface area contributed by atoms with Crippen LogP contribution in [0, 0.1) is 0 Å². The van der Waals surface area contributed by atoms with Gasteiger partial charge in [0.15, 0.2) is 5.03 Å². The summed E-state index contributed by atoms with van der Waals surface area (Å²) < 4.78 is 27.8. The number of hydrogen-bond donors (Lipinski definition) is 3. The lowest BCUT2D eigenvalue weighted by molar-refractivity contribution is 0.595. The molecule has 2 aromatic rings. The van der Waals surface area contributed by atoms with Crippen LogP contribution in [0.1, 0.15) is 5.56 Å². The van der Waals surface area contributed by atoms with Gasteiger partial charge < -0.3 is 5.32 Å². The number of H-pyrrole nitrogens is 1. The van der Waals surface area contributed by atoms with Crippen LogP contribution in [0.4, 0.5) is 5.69 Å². The third kappa shape index (κ3) is 3.32. The van der Waals surface area contributed by atoms with Crippen molar-refractivity contribution >= 4 is 43.2 Å². The second kappa shape index (κ2) is 6.13. The Morgan fingerprint density at radius 2 is 2.20 bits per heavy atom. The van der Waals surface area contributed by atoms with Crippen molar-refractivity contribution in [3.63, 3.8) is 0 Å². The second-order valence-electron chi connectivity index (χ2n) is 3.98. The molecule has 0 unspecified atom stereocenters. The van der Waals surface area contributed by atoms with Crippen LogP contribution in [-0.2, 0) is 16.6 Å². The molecule has 0 saturated carbocycles. The first-order valence-corrected chi connectivity index (χ1v) is 8.24. The van der Waals surface area contributed by atoms with E-state index >= 15 is 0 Å². The quantitative estimate of drug-likeness (QED) is 0.744. The van der Waals surface area contributed by atoms with Gasteiger partial charge in [-0.15, -0.1) is 0 Å². The summed E-state index contributed by atoms with van der Waals surface area (Å²) in [5, 5.41) is 9.61. The van der Waals surface area contributed by atoms with Gasteiger partial charge in [0.25, 0.3) is 10.0 Å². The standard InChI is InChI=1S/C11H12BrClN4O2S/c1-14-5-7-6-15-16-11(7)20(18,19)17-10-4-8(13)2-3-9(10)12/h2-4,6,14,17H,5H2,1H3,(H,15,16). The molecule has 1 aromatic heterocycles. The average molecular weight is 380 g/mol. The molecule has 0 saturated heterocycles. The summed E-state index contributed by atoms with van der Waals surface area (Å²) in [6.07, 6.45) is 1.47. The molecule has 108 valence electrons. The fourth-order valence-electron chi connectivity index (χ4n) is 1.62. The third-order valence-electron chi connectivity index (χ3n) is 2.49. The van der Waals surface area contributed by atoms with Gasteiger partial charge in [-0.05, 0) is 41.2 Å². The van der Waals surface area contributed by atoms with Crippen LogP contribution in [0.15, 0.2) is 33.9 Å². The van der Waals surface area contributed by atoms with Crippen LogP contribution in [0.2, 0.25) is 5.02 Å². The number of nitrogens with one attached hydrogen (secondary N) is 3. The summed E-state index contributed by atoms with van der Waals surface area (Å²) in [7, 11) is -2.03. The maximum atomic E-state index is 12.3. The van der Waals surface area contributed by atoms with Crippen molar-refractivity contribution in [1.29, 1.82) is 0 Å². The second-order valence-corrected chi connectivity index (χ2v) is 6.89. The highest BCUT2D eigenvalue weighted by Gasteiger charge is 2.21. The fraction of sp³-hybridized carbons (Fsp3) is 0.182. The first-order valence-electron chi connectivity index (χ1n) is 5.59. The Labute approximate surface area is 130 Å². The smallest absolute Gasteiger partial charge is 0.279 e. The predicted octanol–water partition coefficient (Wildman–Crippen LogP) is 2.35. The summed E-state index contributed by atoms with van der Waals surface area (Å²) in [6, 6.07) is 4.85. The van der Waals surface area contributed by atoms with E-state index in [0.717, 1.165) is 0 Å². The zero-order valence-corrected chi connectivity index (χ0v) is 13.6. The Hall–Kier alpha value is -1.09. The van der Waals surface area contributed by atoms with E-state index in [1.165, 1.54) is 12.3 Å². The molecule has 0 fully saturated rings. The number of aromatic amines is 1. The van der Waals surface area contributed by atoms with Crippen LogP contribution in [0.5, 0.6) is 0 Å². The molecule has 6 nitrogen and oxygen atoms in total. The van der Waals surface area contributed by atoms with Crippen molar-refractivity contribution in [3.05, 3.63) is 39.5 Å². The van der Waals surface area contributed by atoms with Gasteiger partial charge >= 0.3 is 0 Å². The van der Waals surface area contributed by atoms with E-state index in [2.05, 4.69) is 36.2 Å². The van der Waals surface area contributed by atoms with Crippen molar-refractivity contribution in [2.75, 3.05) is 11.8 Å². The van der Waals surface area contributed by atoms with Crippen LogP contribution < -0.4 is 10.0 Å². The Kier molecular flexibility index (Phi) is 4.69. The number of aromatic nitrogens is 2. The lowest BCUT2D eigenvalue weighted by Gasteiger charge is -2.10. The highest BCUT2D eigenvalue weighted by molar-refractivity contribution is 9.10. The zero-order valence-electron chi connectivity index (χ0n) is 10.4. The van der Waals surface area contributed by atoms with Crippen LogP contribution in [0.25, 0.3) is 0 Å². The van der Waals surface area contributed by atoms with E-state index in [1.54, 1.807) is 19.2 Å². The Morgan fingerprint density at radius 3 is 2.90 bits per heavy atom. The van der Waals surface area contributed by atoms with Gasteiger partial charge in [0.05, 0.1) is 11.9 Å². The average Bonchev–Trinajstić information content (AvgIpc) is 2.83. The topological polar surface area (TPSA) is 86.9 Å². The van der Waals surface area contributed by atoms with E-state index < -0.39 is 10.0 Å². The minimum atomic E-state index is -3.76.